The van der Waals surface area contributed by atoms with E-state index in [0.717, 1.165) is 5.56 Å². The van der Waals surface area contributed by atoms with Gasteiger partial charge in [0, 0.05) is 16.7 Å². The summed E-state index contributed by atoms with van der Waals surface area (Å²) in [6.07, 6.45) is 0. The number of hydrogen-bond acceptors (Lipinski definition) is 0. The molecule has 0 amide bonds. The van der Waals surface area contributed by atoms with Crippen molar-refractivity contribution in [3.63, 3.8) is 0 Å². The normalized spacial score (nSPS) is 10.8. The van der Waals surface area contributed by atoms with E-state index in [4.69, 9.17) is 0 Å². The Kier molecular flexibility index (Phi) is 4.51. The van der Waals surface area contributed by atoms with E-state index >= 15 is 0 Å². The lowest BCUT2D eigenvalue weighted by Gasteiger charge is -2.11. The molecule has 0 unspecified atom stereocenters. The van der Waals surface area contributed by atoms with E-state index in [1.54, 1.807) is 36.4 Å². The van der Waals surface area contributed by atoms with Gasteiger partial charge in [-0.3, -0.25) is 0 Å². The van der Waals surface area contributed by atoms with Crippen molar-refractivity contribution in [3.05, 3.63) is 108 Å². The van der Waals surface area contributed by atoms with Crippen molar-refractivity contribution in [2.75, 3.05) is 0 Å². The van der Waals surface area contributed by atoms with Gasteiger partial charge in [-0.05, 0) is 22.8 Å². The Morgan fingerprint density at radius 3 is 1.56 bits per heavy atom. The van der Waals surface area contributed by atoms with Crippen molar-refractivity contribution in [2.24, 2.45) is 0 Å². The third kappa shape index (κ3) is 3.24. The second-order valence-corrected chi connectivity index (χ2v) is 6.22. The number of halogens is 3. The molecule has 27 heavy (non-hydrogen) atoms. The van der Waals surface area contributed by atoms with Crippen LogP contribution in [-0.2, 0) is 0 Å². The fraction of sp³-hybridized carbons (Fsp3) is 0. The second-order valence-electron chi connectivity index (χ2n) is 6.22. The average Bonchev–Trinajstić information content (AvgIpc) is 2.72. The molecule has 4 aromatic carbocycles. The maximum atomic E-state index is 14.7. The molecule has 0 saturated heterocycles. The molecule has 0 aliphatic carbocycles. The summed E-state index contributed by atoms with van der Waals surface area (Å²) in [6.45, 7) is 0. The van der Waals surface area contributed by atoms with E-state index < -0.39 is 17.5 Å². The molecule has 0 spiro atoms. The van der Waals surface area contributed by atoms with E-state index in [9.17, 15) is 13.2 Å². The molecule has 0 nitrogen and oxygen atoms in total. The van der Waals surface area contributed by atoms with Crippen molar-refractivity contribution >= 4 is 0 Å². The highest BCUT2D eigenvalue weighted by molar-refractivity contribution is 5.74. The Morgan fingerprint density at radius 1 is 0.407 bits per heavy atom. The van der Waals surface area contributed by atoms with Gasteiger partial charge < -0.3 is 0 Å². The molecule has 0 radical (unpaired) electrons. The van der Waals surface area contributed by atoms with Gasteiger partial charge in [0.2, 0.25) is 0 Å². The van der Waals surface area contributed by atoms with E-state index in [-0.39, 0.29) is 16.7 Å². The van der Waals surface area contributed by atoms with Crippen LogP contribution in [0.1, 0.15) is 0 Å². The molecule has 4 aromatic rings. The van der Waals surface area contributed by atoms with Crippen LogP contribution in [0.15, 0.2) is 91.0 Å². The van der Waals surface area contributed by atoms with Crippen LogP contribution >= 0.6 is 0 Å². The van der Waals surface area contributed by atoms with E-state index in [0.29, 0.717) is 11.1 Å². The van der Waals surface area contributed by atoms with Crippen molar-refractivity contribution in [2.45, 2.75) is 0 Å². The van der Waals surface area contributed by atoms with Gasteiger partial charge in [0.25, 0.3) is 0 Å². The largest absolute Gasteiger partial charge is 0.206 e. The molecule has 3 heteroatoms. The van der Waals surface area contributed by atoms with Gasteiger partial charge in [0.1, 0.15) is 5.82 Å². The number of rotatable bonds is 3. The molecule has 0 aliphatic heterocycles. The first kappa shape index (κ1) is 17.1. The molecule has 4 rings (SSSR count). The summed E-state index contributed by atoms with van der Waals surface area (Å²) in [5, 5.41) is 0. The molecular formula is C24H15F3. The average molecular weight is 360 g/mol. The quantitative estimate of drug-likeness (QED) is 0.365. The van der Waals surface area contributed by atoms with Gasteiger partial charge in [-0.2, -0.15) is 0 Å². The topological polar surface area (TPSA) is 0 Å². The summed E-state index contributed by atoms with van der Waals surface area (Å²) in [7, 11) is 0. The molecule has 0 atom stereocenters. The third-order valence-electron chi connectivity index (χ3n) is 4.53. The second kappa shape index (κ2) is 7.12. The van der Waals surface area contributed by atoms with Gasteiger partial charge in [-0.15, -0.1) is 0 Å². The van der Waals surface area contributed by atoms with Crippen LogP contribution in [0.25, 0.3) is 33.4 Å². The molecule has 0 bridgehead atoms. The van der Waals surface area contributed by atoms with Crippen LogP contribution in [0.3, 0.4) is 0 Å². The van der Waals surface area contributed by atoms with Crippen LogP contribution in [0.2, 0.25) is 0 Å². The lowest BCUT2D eigenvalue weighted by Crippen LogP contribution is -1.96. The zero-order chi connectivity index (χ0) is 18.8. The third-order valence-corrected chi connectivity index (χ3v) is 4.53. The molecular weight excluding hydrogens is 345 g/mol. The van der Waals surface area contributed by atoms with Gasteiger partial charge in [0.05, 0.1) is 0 Å². The minimum Gasteiger partial charge on any atom is -0.206 e. The number of hydrogen-bond donors (Lipinski definition) is 0. The van der Waals surface area contributed by atoms with Gasteiger partial charge in [-0.25, -0.2) is 13.2 Å². The smallest absolute Gasteiger partial charge is 0.167 e. The highest BCUT2D eigenvalue weighted by Crippen LogP contribution is 2.34. The summed E-state index contributed by atoms with van der Waals surface area (Å²) >= 11 is 0. The lowest BCUT2D eigenvalue weighted by molar-refractivity contribution is 0.513. The predicted molar refractivity (Wildman–Crippen MR) is 103 cm³/mol. The molecule has 0 saturated carbocycles. The zero-order valence-electron chi connectivity index (χ0n) is 14.3. The van der Waals surface area contributed by atoms with Crippen LogP contribution < -0.4 is 0 Å². The zero-order valence-corrected chi connectivity index (χ0v) is 14.3. The first-order valence-electron chi connectivity index (χ1n) is 8.54. The summed E-state index contributed by atoms with van der Waals surface area (Å²) in [5.41, 5.74) is 2.20. The van der Waals surface area contributed by atoms with Crippen LogP contribution in [0.4, 0.5) is 13.2 Å². The Hall–Kier alpha value is -3.33. The molecule has 0 fully saturated rings. The molecule has 0 aromatic heterocycles. The maximum Gasteiger partial charge on any atom is 0.167 e. The first-order chi connectivity index (χ1) is 13.1. The summed E-state index contributed by atoms with van der Waals surface area (Å²) in [5.74, 6) is -2.63. The Morgan fingerprint density at radius 2 is 0.926 bits per heavy atom. The Bertz CT molecular complexity index is 1090. The van der Waals surface area contributed by atoms with E-state index in [1.165, 1.54) is 24.3 Å². The minimum absolute atomic E-state index is 0.0330. The molecule has 132 valence electrons. The first-order valence-corrected chi connectivity index (χ1v) is 8.54. The monoisotopic (exact) mass is 360 g/mol. The fourth-order valence-corrected chi connectivity index (χ4v) is 3.14. The summed E-state index contributed by atoms with van der Waals surface area (Å²) < 4.78 is 44.0. The lowest BCUT2D eigenvalue weighted by atomic mass is 9.96. The Balaban J connectivity index is 1.77. The van der Waals surface area contributed by atoms with Crippen molar-refractivity contribution in [3.8, 4) is 33.4 Å². The highest BCUT2D eigenvalue weighted by atomic mass is 19.2. The maximum absolute atomic E-state index is 14.7. The van der Waals surface area contributed by atoms with Crippen LogP contribution in [-0.4, -0.2) is 0 Å². The summed E-state index contributed by atoms with van der Waals surface area (Å²) in [4.78, 5) is 0. The Labute approximate surface area is 155 Å². The van der Waals surface area contributed by atoms with Crippen LogP contribution in [0, 0.1) is 17.5 Å². The van der Waals surface area contributed by atoms with Gasteiger partial charge in [-0.1, -0.05) is 84.9 Å². The predicted octanol–water partition coefficient (Wildman–Crippen LogP) is 7.10. The van der Waals surface area contributed by atoms with E-state index in [2.05, 4.69) is 0 Å². The molecule has 0 aliphatic rings. The standard InChI is InChI=1S/C24H15F3/c25-22-15-18(16-7-3-1-4-8-16)11-12-20(22)21-14-13-19(23(26)24(21)27)17-9-5-2-6-10-17/h1-15H. The SMILES string of the molecule is Fc1cc(-c2ccccc2)ccc1-c1ccc(-c2ccccc2)c(F)c1F. The molecule has 0 heterocycles. The van der Waals surface area contributed by atoms with Gasteiger partial charge >= 0.3 is 0 Å². The molecule has 0 N–H and O–H groups in total. The van der Waals surface area contributed by atoms with Crippen molar-refractivity contribution in [1.82, 2.24) is 0 Å². The highest BCUT2D eigenvalue weighted by Gasteiger charge is 2.18. The summed E-state index contributed by atoms with van der Waals surface area (Å²) in [6, 6.07) is 25.5. The van der Waals surface area contributed by atoms with Crippen molar-refractivity contribution < 1.29 is 13.2 Å². The van der Waals surface area contributed by atoms with Gasteiger partial charge in [0.15, 0.2) is 11.6 Å². The van der Waals surface area contributed by atoms with E-state index in [1.807, 2.05) is 30.3 Å². The number of benzene rings is 4. The minimum atomic E-state index is -1.05. The van der Waals surface area contributed by atoms with Crippen LogP contribution in [0.5, 0.6) is 0 Å². The fourth-order valence-electron chi connectivity index (χ4n) is 3.14. The van der Waals surface area contributed by atoms with Crippen molar-refractivity contribution in [1.29, 1.82) is 0 Å².